The molecule has 0 spiro atoms. The van der Waals surface area contributed by atoms with Crippen LogP contribution in [0.1, 0.15) is 24.8 Å². The molecule has 1 aliphatic rings. The van der Waals surface area contributed by atoms with Crippen LogP contribution in [0, 0.1) is 11.3 Å². The van der Waals surface area contributed by atoms with Gasteiger partial charge in [-0.3, -0.25) is 4.90 Å². The van der Waals surface area contributed by atoms with Crippen molar-refractivity contribution in [2.45, 2.75) is 19.3 Å². The van der Waals surface area contributed by atoms with Crippen molar-refractivity contribution in [3.8, 4) is 11.8 Å². The van der Waals surface area contributed by atoms with E-state index >= 15 is 0 Å². The average Bonchev–Trinajstić information content (AvgIpc) is 2.40. The van der Waals surface area contributed by atoms with Crippen molar-refractivity contribution in [2.24, 2.45) is 0 Å². The molecule has 1 aromatic carbocycles. The molecular weight excluding hydrogens is 212 g/mol. The van der Waals surface area contributed by atoms with E-state index in [1.807, 2.05) is 18.2 Å². The molecule has 3 nitrogen and oxygen atoms in total. The van der Waals surface area contributed by atoms with Gasteiger partial charge in [0.15, 0.2) is 0 Å². The zero-order chi connectivity index (χ0) is 11.9. The first kappa shape index (κ1) is 11.9. The van der Waals surface area contributed by atoms with Crippen molar-refractivity contribution in [2.75, 3.05) is 26.2 Å². The van der Waals surface area contributed by atoms with E-state index in [4.69, 9.17) is 10.00 Å². The van der Waals surface area contributed by atoms with Crippen molar-refractivity contribution in [1.82, 2.24) is 4.90 Å². The Labute approximate surface area is 103 Å². The van der Waals surface area contributed by atoms with Gasteiger partial charge in [-0.25, -0.2) is 0 Å². The van der Waals surface area contributed by atoms with Gasteiger partial charge in [-0.2, -0.15) is 5.26 Å². The van der Waals surface area contributed by atoms with Gasteiger partial charge in [0.25, 0.3) is 0 Å². The Morgan fingerprint density at radius 1 is 1.18 bits per heavy atom. The second kappa shape index (κ2) is 6.27. The summed E-state index contributed by atoms with van der Waals surface area (Å²) in [5, 5.41) is 8.93. The van der Waals surface area contributed by atoms with E-state index in [2.05, 4.69) is 11.0 Å². The molecular formula is C14H18N2O. The van der Waals surface area contributed by atoms with Crippen LogP contribution in [0.15, 0.2) is 24.3 Å². The van der Waals surface area contributed by atoms with Gasteiger partial charge in [0.05, 0.1) is 5.56 Å². The van der Waals surface area contributed by atoms with Crippen molar-refractivity contribution in [3.63, 3.8) is 0 Å². The Morgan fingerprint density at radius 3 is 2.71 bits per heavy atom. The summed E-state index contributed by atoms with van der Waals surface area (Å²) in [5.74, 6) is 0.701. The second-order valence-electron chi connectivity index (χ2n) is 4.36. The number of nitriles is 1. The number of likely N-dealkylation sites (tertiary alicyclic amines) is 1. The van der Waals surface area contributed by atoms with Crippen LogP contribution in [0.3, 0.4) is 0 Å². The van der Waals surface area contributed by atoms with Gasteiger partial charge in [0.2, 0.25) is 0 Å². The summed E-state index contributed by atoms with van der Waals surface area (Å²) in [6.07, 6.45) is 3.96. The molecule has 0 N–H and O–H groups in total. The summed E-state index contributed by atoms with van der Waals surface area (Å²) in [6.45, 7) is 3.99. The Hall–Kier alpha value is -1.53. The molecule has 3 heteroatoms. The molecule has 0 saturated carbocycles. The van der Waals surface area contributed by atoms with E-state index in [1.54, 1.807) is 6.07 Å². The van der Waals surface area contributed by atoms with Gasteiger partial charge >= 0.3 is 0 Å². The SMILES string of the molecule is N#Cc1ccccc1OCCN1CCCCC1. The fraction of sp³-hybridized carbons (Fsp3) is 0.500. The summed E-state index contributed by atoms with van der Waals surface area (Å²) in [5.41, 5.74) is 0.617. The number of piperidine rings is 1. The van der Waals surface area contributed by atoms with Gasteiger partial charge in [0.1, 0.15) is 18.4 Å². The molecule has 0 amide bonds. The topological polar surface area (TPSA) is 36.3 Å². The van der Waals surface area contributed by atoms with Gasteiger partial charge in [0, 0.05) is 6.54 Å². The van der Waals surface area contributed by atoms with Crippen LogP contribution in [0.4, 0.5) is 0 Å². The second-order valence-corrected chi connectivity index (χ2v) is 4.36. The quantitative estimate of drug-likeness (QED) is 0.797. The molecule has 1 saturated heterocycles. The molecule has 0 unspecified atom stereocenters. The van der Waals surface area contributed by atoms with Gasteiger partial charge in [-0.05, 0) is 38.1 Å². The molecule has 0 atom stereocenters. The van der Waals surface area contributed by atoms with Crippen molar-refractivity contribution >= 4 is 0 Å². The Balaban J connectivity index is 1.79. The smallest absolute Gasteiger partial charge is 0.137 e. The minimum atomic E-state index is 0.617. The summed E-state index contributed by atoms with van der Waals surface area (Å²) in [6, 6.07) is 9.55. The van der Waals surface area contributed by atoms with Gasteiger partial charge < -0.3 is 4.74 Å². The third-order valence-corrected chi connectivity index (χ3v) is 3.12. The lowest BCUT2D eigenvalue weighted by Crippen LogP contribution is -2.33. The Morgan fingerprint density at radius 2 is 1.94 bits per heavy atom. The highest BCUT2D eigenvalue weighted by Crippen LogP contribution is 2.16. The molecule has 0 aliphatic carbocycles. The van der Waals surface area contributed by atoms with E-state index in [-0.39, 0.29) is 0 Å². The maximum absolute atomic E-state index is 8.93. The lowest BCUT2D eigenvalue weighted by Gasteiger charge is -2.26. The number of rotatable bonds is 4. The molecule has 0 aromatic heterocycles. The van der Waals surface area contributed by atoms with E-state index in [1.165, 1.54) is 32.4 Å². The van der Waals surface area contributed by atoms with Crippen LogP contribution in [0.25, 0.3) is 0 Å². The van der Waals surface area contributed by atoms with Crippen molar-refractivity contribution < 1.29 is 4.74 Å². The summed E-state index contributed by atoms with van der Waals surface area (Å²) in [4.78, 5) is 2.43. The van der Waals surface area contributed by atoms with Crippen molar-refractivity contribution in [1.29, 1.82) is 5.26 Å². The number of hydrogen-bond acceptors (Lipinski definition) is 3. The molecule has 1 heterocycles. The van der Waals surface area contributed by atoms with Crippen LogP contribution in [-0.2, 0) is 0 Å². The molecule has 17 heavy (non-hydrogen) atoms. The fourth-order valence-corrected chi connectivity index (χ4v) is 2.15. The lowest BCUT2D eigenvalue weighted by atomic mass is 10.1. The predicted molar refractivity (Wildman–Crippen MR) is 66.9 cm³/mol. The third kappa shape index (κ3) is 3.47. The average molecular weight is 230 g/mol. The maximum Gasteiger partial charge on any atom is 0.137 e. The molecule has 90 valence electrons. The van der Waals surface area contributed by atoms with E-state index in [0.717, 1.165) is 6.54 Å². The number of para-hydroxylation sites is 1. The zero-order valence-corrected chi connectivity index (χ0v) is 10.1. The fourth-order valence-electron chi connectivity index (χ4n) is 2.15. The molecule has 0 radical (unpaired) electrons. The van der Waals surface area contributed by atoms with Crippen LogP contribution in [0.2, 0.25) is 0 Å². The number of nitrogens with zero attached hydrogens (tertiary/aromatic N) is 2. The lowest BCUT2D eigenvalue weighted by molar-refractivity contribution is 0.183. The van der Waals surface area contributed by atoms with Crippen LogP contribution in [0.5, 0.6) is 5.75 Å². The third-order valence-electron chi connectivity index (χ3n) is 3.12. The molecule has 1 fully saturated rings. The monoisotopic (exact) mass is 230 g/mol. The highest BCUT2D eigenvalue weighted by Gasteiger charge is 2.09. The standard InChI is InChI=1S/C14H18N2O/c15-12-13-6-2-3-7-14(13)17-11-10-16-8-4-1-5-9-16/h2-3,6-7H,1,4-5,8-11H2. The number of benzene rings is 1. The van der Waals surface area contributed by atoms with Crippen molar-refractivity contribution in [3.05, 3.63) is 29.8 Å². The van der Waals surface area contributed by atoms with E-state index < -0.39 is 0 Å². The minimum Gasteiger partial charge on any atom is -0.491 e. The first-order valence-corrected chi connectivity index (χ1v) is 6.24. The van der Waals surface area contributed by atoms with E-state index in [0.29, 0.717) is 17.9 Å². The summed E-state index contributed by atoms with van der Waals surface area (Å²) >= 11 is 0. The van der Waals surface area contributed by atoms with Crippen LogP contribution < -0.4 is 4.74 Å². The first-order valence-electron chi connectivity index (χ1n) is 6.24. The maximum atomic E-state index is 8.93. The van der Waals surface area contributed by atoms with E-state index in [9.17, 15) is 0 Å². The summed E-state index contributed by atoms with van der Waals surface area (Å²) < 4.78 is 5.67. The normalized spacial score (nSPS) is 16.4. The first-order chi connectivity index (χ1) is 8.40. The van der Waals surface area contributed by atoms with Gasteiger partial charge in [-0.1, -0.05) is 18.6 Å². The number of hydrogen-bond donors (Lipinski definition) is 0. The Kier molecular flexibility index (Phi) is 4.40. The van der Waals surface area contributed by atoms with Crippen LogP contribution in [-0.4, -0.2) is 31.1 Å². The highest BCUT2D eigenvalue weighted by molar-refractivity contribution is 5.42. The molecule has 1 aliphatic heterocycles. The van der Waals surface area contributed by atoms with Gasteiger partial charge in [-0.15, -0.1) is 0 Å². The highest BCUT2D eigenvalue weighted by atomic mass is 16.5. The predicted octanol–water partition coefficient (Wildman–Crippen LogP) is 2.42. The largest absolute Gasteiger partial charge is 0.491 e. The molecule has 1 aromatic rings. The molecule has 0 bridgehead atoms. The zero-order valence-electron chi connectivity index (χ0n) is 10.1. The molecule has 2 rings (SSSR count). The van der Waals surface area contributed by atoms with Crippen LogP contribution >= 0.6 is 0 Å². The minimum absolute atomic E-state index is 0.617. The Bertz CT molecular complexity index is 391. The number of ether oxygens (including phenoxy) is 1. The summed E-state index contributed by atoms with van der Waals surface area (Å²) in [7, 11) is 0.